The first-order chi connectivity index (χ1) is 16.6. The normalized spacial score (nSPS) is 11.4. The molecule has 34 heavy (non-hydrogen) atoms. The molecule has 1 unspecified atom stereocenters. The van der Waals surface area contributed by atoms with Crippen molar-refractivity contribution in [2.75, 3.05) is 5.32 Å². The van der Waals surface area contributed by atoms with E-state index in [0.717, 1.165) is 45.1 Å². The zero-order chi connectivity index (χ0) is 23.9. The number of hydrogen-bond acceptors (Lipinski definition) is 4. The molecule has 0 saturated heterocycles. The van der Waals surface area contributed by atoms with Gasteiger partial charge in [0, 0.05) is 29.6 Å². The number of anilines is 1. The second kappa shape index (κ2) is 10.9. The van der Waals surface area contributed by atoms with E-state index >= 15 is 0 Å². The van der Waals surface area contributed by atoms with Gasteiger partial charge in [-0.3, -0.25) is 4.98 Å². The molecule has 2 aromatic carbocycles. The van der Waals surface area contributed by atoms with Gasteiger partial charge in [0.25, 0.3) is 0 Å². The molecule has 0 bridgehead atoms. The lowest BCUT2D eigenvalue weighted by Gasteiger charge is -2.14. The Hall–Kier alpha value is -3.80. The molecule has 0 saturated carbocycles. The maximum Gasteiger partial charge on any atom is 0.134 e. The van der Waals surface area contributed by atoms with Gasteiger partial charge in [0.05, 0.1) is 11.1 Å². The van der Waals surface area contributed by atoms with E-state index in [2.05, 4.69) is 99.1 Å². The summed E-state index contributed by atoms with van der Waals surface area (Å²) in [6.45, 7) is 4.89. The number of nitriles is 1. The Kier molecular flexibility index (Phi) is 7.48. The van der Waals surface area contributed by atoms with E-state index < -0.39 is 0 Å². The van der Waals surface area contributed by atoms with E-state index in [9.17, 15) is 0 Å². The van der Waals surface area contributed by atoms with Crippen LogP contribution in [0.5, 0.6) is 0 Å². The van der Waals surface area contributed by atoms with Gasteiger partial charge in [0.2, 0.25) is 0 Å². The molecule has 0 radical (unpaired) electrons. The highest BCUT2D eigenvalue weighted by molar-refractivity contribution is 7.28. The molecule has 0 amide bonds. The summed E-state index contributed by atoms with van der Waals surface area (Å²) in [4.78, 5) is 8.97. The maximum atomic E-state index is 9.06. The molecule has 0 aliphatic rings. The monoisotopic (exact) mass is 462 g/mol. The average molecular weight is 463 g/mol. The van der Waals surface area contributed by atoms with Crippen LogP contribution in [0, 0.1) is 18.3 Å². The van der Waals surface area contributed by atoms with Gasteiger partial charge in [-0.05, 0) is 65.4 Å². The van der Waals surface area contributed by atoms with Crippen molar-refractivity contribution < 1.29 is 0 Å². The molecular weight excluding hydrogens is 435 g/mol. The number of pyridine rings is 2. The van der Waals surface area contributed by atoms with Crippen molar-refractivity contribution in [3.05, 3.63) is 101 Å². The lowest BCUT2D eigenvalue weighted by atomic mass is 10.00. The van der Waals surface area contributed by atoms with Crippen LogP contribution < -0.4 is 10.6 Å². The molecular formula is C29H27N4P. The standard InChI is InChI=1S/C29H27N4P/c1-3-4-5-6-7-23-16-24(10-8-20(23)2)26-12-13-31-29(28(26)34)33-18-21-9-11-25-14-22(17-30)19-32-27(25)15-21/h4-16,19H,3,18,34H2,1-2H3,(H,31,33)/b5-4+,7-6-. The van der Waals surface area contributed by atoms with Gasteiger partial charge < -0.3 is 5.32 Å². The quantitative estimate of drug-likeness (QED) is 0.249. The first kappa shape index (κ1) is 23.4. The number of hydrogen-bond donors (Lipinski definition) is 1. The summed E-state index contributed by atoms with van der Waals surface area (Å²) in [5, 5.41) is 14.5. The van der Waals surface area contributed by atoms with E-state index in [0.29, 0.717) is 12.1 Å². The largest absolute Gasteiger partial charge is 0.365 e. The summed E-state index contributed by atoms with van der Waals surface area (Å²) >= 11 is 0. The van der Waals surface area contributed by atoms with Crippen molar-refractivity contribution in [2.24, 2.45) is 0 Å². The molecule has 2 aromatic heterocycles. The summed E-state index contributed by atoms with van der Waals surface area (Å²) in [6.07, 6.45) is 13.0. The zero-order valence-electron chi connectivity index (χ0n) is 19.4. The van der Waals surface area contributed by atoms with Crippen LogP contribution in [-0.2, 0) is 6.54 Å². The van der Waals surface area contributed by atoms with Gasteiger partial charge in [-0.2, -0.15) is 5.26 Å². The SMILES string of the molecule is CC/C=C/C=C\c1cc(-c2ccnc(NCc3ccc4cc(C#N)cnc4c3)c2P)ccc1C. The van der Waals surface area contributed by atoms with Crippen LogP contribution in [0.25, 0.3) is 28.1 Å². The number of nitrogens with one attached hydrogen (secondary N) is 1. The van der Waals surface area contributed by atoms with Crippen LogP contribution in [0.2, 0.25) is 0 Å². The fourth-order valence-electron chi connectivity index (χ4n) is 3.75. The minimum Gasteiger partial charge on any atom is -0.365 e. The highest BCUT2D eigenvalue weighted by Crippen LogP contribution is 2.25. The van der Waals surface area contributed by atoms with Crippen LogP contribution in [0.1, 0.15) is 35.6 Å². The zero-order valence-corrected chi connectivity index (χ0v) is 20.6. The summed E-state index contributed by atoms with van der Waals surface area (Å²) in [5.74, 6) is 0.832. The molecule has 1 N–H and O–H groups in total. The Morgan fingerprint density at radius 1 is 1.06 bits per heavy atom. The number of fused-ring (bicyclic) bond motifs is 1. The van der Waals surface area contributed by atoms with Crippen molar-refractivity contribution in [1.82, 2.24) is 9.97 Å². The van der Waals surface area contributed by atoms with Gasteiger partial charge in [-0.25, -0.2) is 4.98 Å². The molecule has 168 valence electrons. The fraction of sp³-hybridized carbons (Fsp3) is 0.138. The number of aryl methyl sites for hydroxylation is 1. The maximum absolute atomic E-state index is 9.06. The van der Waals surface area contributed by atoms with Crippen molar-refractivity contribution in [2.45, 2.75) is 26.8 Å². The Morgan fingerprint density at radius 2 is 1.94 bits per heavy atom. The molecule has 0 aliphatic carbocycles. The first-order valence-corrected chi connectivity index (χ1v) is 11.9. The number of rotatable bonds is 7. The van der Waals surface area contributed by atoms with Crippen LogP contribution >= 0.6 is 9.24 Å². The molecule has 4 nitrogen and oxygen atoms in total. The lowest BCUT2D eigenvalue weighted by molar-refractivity contribution is 1.12. The average Bonchev–Trinajstić information content (AvgIpc) is 2.86. The number of allylic oxidation sites excluding steroid dienone is 3. The van der Waals surface area contributed by atoms with E-state index in [1.165, 1.54) is 11.1 Å². The third-order valence-corrected chi connectivity index (χ3v) is 6.26. The minimum atomic E-state index is 0.569. The Balaban J connectivity index is 1.56. The van der Waals surface area contributed by atoms with Gasteiger partial charge in [-0.1, -0.05) is 55.5 Å². The van der Waals surface area contributed by atoms with Crippen molar-refractivity contribution in [3.63, 3.8) is 0 Å². The van der Waals surface area contributed by atoms with Gasteiger partial charge >= 0.3 is 0 Å². The van der Waals surface area contributed by atoms with E-state index in [1.54, 1.807) is 6.20 Å². The number of benzene rings is 2. The first-order valence-electron chi connectivity index (χ1n) is 11.3. The smallest absolute Gasteiger partial charge is 0.134 e. The highest BCUT2D eigenvalue weighted by atomic mass is 31.0. The summed E-state index contributed by atoms with van der Waals surface area (Å²) in [5.41, 5.74) is 7.28. The Bertz CT molecular complexity index is 1430. The summed E-state index contributed by atoms with van der Waals surface area (Å²) in [7, 11) is 2.84. The van der Waals surface area contributed by atoms with E-state index in [1.807, 2.05) is 24.4 Å². The van der Waals surface area contributed by atoms with E-state index in [-0.39, 0.29) is 0 Å². The molecule has 4 aromatic rings. The lowest BCUT2D eigenvalue weighted by Crippen LogP contribution is -2.11. The third kappa shape index (κ3) is 5.39. The molecule has 5 heteroatoms. The van der Waals surface area contributed by atoms with Crippen molar-refractivity contribution in [3.8, 4) is 17.2 Å². The van der Waals surface area contributed by atoms with E-state index in [4.69, 9.17) is 5.26 Å². The minimum absolute atomic E-state index is 0.569. The van der Waals surface area contributed by atoms with Crippen LogP contribution in [0.15, 0.2) is 79.2 Å². The van der Waals surface area contributed by atoms with Gasteiger partial charge in [0.15, 0.2) is 0 Å². The van der Waals surface area contributed by atoms with Gasteiger partial charge in [-0.15, -0.1) is 9.24 Å². The highest BCUT2D eigenvalue weighted by Gasteiger charge is 2.09. The van der Waals surface area contributed by atoms with Crippen LogP contribution in [-0.4, -0.2) is 9.97 Å². The molecule has 1 atom stereocenters. The summed E-state index contributed by atoms with van der Waals surface area (Å²) in [6, 6.07) is 18.7. The van der Waals surface area contributed by atoms with Gasteiger partial charge in [0.1, 0.15) is 11.9 Å². The van der Waals surface area contributed by atoms with Crippen molar-refractivity contribution in [1.29, 1.82) is 5.26 Å². The topological polar surface area (TPSA) is 61.6 Å². The molecule has 0 aliphatic heterocycles. The van der Waals surface area contributed by atoms with Crippen LogP contribution in [0.3, 0.4) is 0 Å². The third-order valence-electron chi connectivity index (χ3n) is 5.68. The molecule has 0 fully saturated rings. The second-order valence-electron chi connectivity index (χ2n) is 8.10. The predicted octanol–water partition coefficient (Wildman–Crippen LogP) is 6.57. The number of aromatic nitrogens is 2. The second-order valence-corrected chi connectivity index (χ2v) is 8.68. The number of nitrogens with zero attached hydrogens (tertiary/aromatic N) is 3. The summed E-state index contributed by atoms with van der Waals surface area (Å²) < 4.78 is 0. The fourth-order valence-corrected chi connectivity index (χ4v) is 4.19. The predicted molar refractivity (Wildman–Crippen MR) is 146 cm³/mol. The molecule has 0 spiro atoms. The van der Waals surface area contributed by atoms with Crippen LogP contribution in [0.4, 0.5) is 5.82 Å². The molecule has 4 rings (SSSR count). The Morgan fingerprint density at radius 3 is 2.76 bits per heavy atom. The molecule has 2 heterocycles. The Labute approximate surface area is 203 Å². The van der Waals surface area contributed by atoms with Crippen molar-refractivity contribution >= 4 is 37.3 Å².